The summed E-state index contributed by atoms with van der Waals surface area (Å²) in [5.74, 6) is -0.247. The molecule has 1 aromatic carbocycles. The van der Waals surface area contributed by atoms with E-state index in [2.05, 4.69) is 16.0 Å². The summed E-state index contributed by atoms with van der Waals surface area (Å²) in [4.78, 5) is 22.5. The summed E-state index contributed by atoms with van der Waals surface area (Å²) >= 11 is 0. The van der Waals surface area contributed by atoms with Gasteiger partial charge in [0.2, 0.25) is 11.8 Å². The molecule has 0 heterocycles. The van der Waals surface area contributed by atoms with Gasteiger partial charge in [0.1, 0.15) is 0 Å². The third-order valence-electron chi connectivity index (χ3n) is 2.14. The third-order valence-corrected chi connectivity index (χ3v) is 2.14. The Bertz CT molecular complexity index is 430. The Morgan fingerprint density at radius 2 is 1.78 bits per heavy atom. The molecule has 0 aliphatic heterocycles. The molecule has 2 amide bonds. The molecule has 0 aromatic heterocycles. The summed E-state index contributed by atoms with van der Waals surface area (Å²) in [6.45, 7) is 5.66. The highest BCUT2D eigenvalue weighted by Gasteiger charge is 2.04. The van der Waals surface area contributed by atoms with Gasteiger partial charge in [-0.1, -0.05) is 19.9 Å². The van der Waals surface area contributed by atoms with Crippen LogP contribution < -0.4 is 16.0 Å². The van der Waals surface area contributed by atoms with Gasteiger partial charge >= 0.3 is 0 Å². The summed E-state index contributed by atoms with van der Waals surface area (Å²) in [7, 11) is 0. The minimum absolute atomic E-state index is 0.108. The summed E-state index contributed by atoms with van der Waals surface area (Å²) in [6.07, 6.45) is 0. The Kier molecular flexibility index (Phi) is 5.32. The largest absolute Gasteiger partial charge is 0.326 e. The van der Waals surface area contributed by atoms with Crippen molar-refractivity contribution in [2.45, 2.75) is 26.8 Å². The fourth-order valence-corrected chi connectivity index (χ4v) is 1.38. The summed E-state index contributed by atoms with van der Waals surface area (Å²) in [5, 5.41) is 8.45. The quantitative estimate of drug-likeness (QED) is 0.742. The normalized spacial score (nSPS) is 10.2. The van der Waals surface area contributed by atoms with Gasteiger partial charge in [-0.25, -0.2) is 0 Å². The fourth-order valence-electron chi connectivity index (χ4n) is 1.38. The number of anilines is 2. The fraction of sp³-hybridized carbons (Fsp3) is 0.385. The van der Waals surface area contributed by atoms with Crippen LogP contribution in [0.4, 0.5) is 11.4 Å². The summed E-state index contributed by atoms with van der Waals surface area (Å²) in [5.41, 5.74) is 1.33. The van der Waals surface area contributed by atoms with Crippen LogP contribution in [0.5, 0.6) is 0 Å². The minimum Gasteiger partial charge on any atom is -0.326 e. The van der Waals surface area contributed by atoms with E-state index in [4.69, 9.17) is 0 Å². The molecule has 0 aliphatic carbocycles. The van der Waals surface area contributed by atoms with Gasteiger partial charge in [0.15, 0.2) is 0 Å². The highest BCUT2D eigenvalue weighted by molar-refractivity contribution is 5.94. The number of nitrogens with one attached hydrogen (secondary N) is 3. The van der Waals surface area contributed by atoms with Gasteiger partial charge in [-0.05, 0) is 18.2 Å². The first-order chi connectivity index (χ1) is 8.47. The first-order valence-corrected chi connectivity index (χ1v) is 5.88. The van der Waals surface area contributed by atoms with Crippen molar-refractivity contribution < 1.29 is 9.59 Å². The van der Waals surface area contributed by atoms with Crippen LogP contribution in [-0.4, -0.2) is 24.4 Å². The van der Waals surface area contributed by atoms with Crippen molar-refractivity contribution in [1.82, 2.24) is 5.32 Å². The number of amides is 2. The molecule has 0 unspecified atom stereocenters. The second kappa shape index (κ2) is 6.76. The molecule has 98 valence electrons. The van der Waals surface area contributed by atoms with Crippen molar-refractivity contribution in [2.75, 3.05) is 17.2 Å². The number of benzene rings is 1. The van der Waals surface area contributed by atoms with Crippen molar-refractivity contribution in [3.05, 3.63) is 24.3 Å². The zero-order valence-corrected chi connectivity index (χ0v) is 10.9. The van der Waals surface area contributed by atoms with Crippen molar-refractivity contribution in [2.24, 2.45) is 0 Å². The van der Waals surface area contributed by atoms with Gasteiger partial charge < -0.3 is 16.0 Å². The number of hydrogen-bond donors (Lipinski definition) is 3. The Morgan fingerprint density at radius 1 is 1.17 bits per heavy atom. The molecule has 1 rings (SSSR count). The maximum Gasteiger partial charge on any atom is 0.238 e. The average molecular weight is 249 g/mol. The Hall–Kier alpha value is -1.88. The molecule has 0 fully saturated rings. The van der Waals surface area contributed by atoms with E-state index in [1.54, 1.807) is 24.3 Å². The lowest BCUT2D eigenvalue weighted by Crippen LogP contribution is -2.32. The van der Waals surface area contributed by atoms with E-state index < -0.39 is 0 Å². The first-order valence-electron chi connectivity index (χ1n) is 5.88. The van der Waals surface area contributed by atoms with E-state index in [9.17, 15) is 9.59 Å². The molecule has 5 heteroatoms. The van der Waals surface area contributed by atoms with Crippen LogP contribution in [0, 0.1) is 0 Å². The predicted octanol–water partition coefficient (Wildman–Crippen LogP) is 1.58. The zero-order chi connectivity index (χ0) is 13.5. The van der Waals surface area contributed by atoms with E-state index >= 15 is 0 Å². The van der Waals surface area contributed by atoms with E-state index in [-0.39, 0.29) is 24.4 Å². The molecular formula is C13H19N3O2. The molecule has 3 N–H and O–H groups in total. The van der Waals surface area contributed by atoms with Crippen molar-refractivity contribution in [3.63, 3.8) is 0 Å². The number of carbonyl (C=O) groups is 2. The van der Waals surface area contributed by atoms with Crippen molar-refractivity contribution in [3.8, 4) is 0 Å². The average Bonchev–Trinajstić information content (AvgIpc) is 2.26. The molecular weight excluding hydrogens is 230 g/mol. The molecule has 0 atom stereocenters. The third kappa shape index (κ3) is 5.45. The van der Waals surface area contributed by atoms with Gasteiger partial charge in [0.25, 0.3) is 0 Å². The molecule has 0 aliphatic rings. The van der Waals surface area contributed by atoms with E-state index in [1.165, 1.54) is 6.92 Å². The van der Waals surface area contributed by atoms with E-state index in [0.29, 0.717) is 11.4 Å². The molecule has 0 saturated carbocycles. The maximum absolute atomic E-state index is 11.6. The Labute approximate surface area is 107 Å². The van der Waals surface area contributed by atoms with Crippen LogP contribution in [-0.2, 0) is 9.59 Å². The minimum atomic E-state index is -0.139. The lowest BCUT2D eigenvalue weighted by Gasteiger charge is -2.10. The van der Waals surface area contributed by atoms with Gasteiger partial charge in [0.05, 0.1) is 6.54 Å². The maximum atomic E-state index is 11.6. The van der Waals surface area contributed by atoms with Crippen LogP contribution in [0.25, 0.3) is 0 Å². The predicted molar refractivity (Wildman–Crippen MR) is 72.5 cm³/mol. The van der Waals surface area contributed by atoms with Crippen LogP contribution in [0.15, 0.2) is 24.3 Å². The number of rotatable bonds is 5. The molecule has 5 nitrogen and oxygen atoms in total. The van der Waals surface area contributed by atoms with Gasteiger partial charge in [-0.3, -0.25) is 9.59 Å². The highest BCUT2D eigenvalue weighted by atomic mass is 16.2. The van der Waals surface area contributed by atoms with Crippen LogP contribution in [0.3, 0.4) is 0 Å². The van der Waals surface area contributed by atoms with Gasteiger partial charge in [-0.15, -0.1) is 0 Å². The Balaban J connectivity index is 2.56. The number of carbonyl (C=O) groups excluding carboxylic acids is 2. The zero-order valence-electron chi connectivity index (χ0n) is 10.9. The molecule has 1 aromatic rings. The highest BCUT2D eigenvalue weighted by Crippen LogP contribution is 2.14. The lowest BCUT2D eigenvalue weighted by molar-refractivity contribution is -0.115. The molecule has 0 spiro atoms. The van der Waals surface area contributed by atoms with Crippen molar-refractivity contribution >= 4 is 23.2 Å². The summed E-state index contributed by atoms with van der Waals surface area (Å²) < 4.78 is 0. The first kappa shape index (κ1) is 14.2. The standard InChI is InChI=1S/C13H19N3O2/c1-9(2)14-8-13(18)16-12-6-4-5-11(7-12)15-10(3)17/h4-7,9,14H,8H2,1-3H3,(H,15,17)(H,16,18). The van der Waals surface area contributed by atoms with Gasteiger partial charge in [-0.2, -0.15) is 0 Å². The second-order valence-corrected chi connectivity index (χ2v) is 4.35. The molecule has 18 heavy (non-hydrogen) atoms. The SMILES string of the molecule is CC(=O)Nc1cccc(NC(=O)CNC(C)C)c1. The molecule has 0 bridgehead atoms. The van der Waals surface area contributed by atoms with E-state index in [0.717, 1.165) is 0 Å². The number of hydrogen-bond acceptors (Lipinski definition) is 3. The monoisotopic (exact) mass is 249 g/mol. The second-order valence-electron chi connectivity index (χ2n) is 4.35. The smallest absolute Gasteiger partial charge is 0.238 e. The van der Waals surface area contributed by atoms with Gasteiger partial charge in [0, 0.05) is 24.3 Å². The Morgan fingerprint density at radius 3 is 2.33 bits per heavy atom. The van der Waals surface area contributed by atoms with Crippen LogP contribution in [0.1, 0.15) is 20.8 Å². The van der Waals surface area contributed by atoms with E-state index in [1.807, 2.05) is 13.8 Å². The molecule has 0 radical (unpaired) electrons. The van der Waals surface area contributed by atoms with Crippen molar-refractivity contribution in [1.29, 1.82) is 0 Å². The molecule has 0 saturated heterocycles. The van der Waals surface area contributed by atoms with Crippen LogP contribution in [0.2, 0.25) is 0 Å². The van der Waals surface area contributed by atoms with Crippen LogP contribution >= 0.6 is 0 Å². The topological polar surface area (TPSA) is 70.2 Å². The summed E-state index contributed by atoms with van der Waals surface area (Å²) in [6, 6.07) is 7.30. The lowest BCUT2D eigenvalue weighted by atomic mass is 10.2.